The highest BCUT2D eigenvalue weighted by Gasteiger charge is 2.30. The number of nitrogens with one attached hydrogen (secondary N) is 1. The van der Waals surface area contributed by atoms with Crippen LogP contribution in [0.2, 0.25) is 0 Å². The molecule has 0 bridgehead atoms. The maximum atomic E-state index is 13.2. The summed E-state index contributed by atoms with van der Waals surface area (Å²) in [5, 5.41) is 2.96. The molecule has 34 heavy (non-hydrogen) atoms. The Morgan fingerprint density at radius 1 is 1.06 bits per heavy atom. The van der Waals surface area contributed by atoms with Crippen molar-refractivity contribution in [2.45, 2.75) is 44.0 Å². The molecular weight excluding hydrogens is 448 g/mol. The Balaban J connectivity index is 1.33. The van der Waals surface area contributed by atoms with Crippen LogP contribution in [0.15, 0.2) is 77.7 Å². The lowest BCUT2D eigenvalue weighted by molar-refractivity contribution is -0.123. The number of carbonyl (C=O) groups excluding carboxylic acids is 1. The van der Waals surface area contributed by atoms with Crippen LogP contribution in [0.5, 0.6) is 5.75 Å². The molecule has 0 aliphatic carbocycles. The molecule has 1 aliphatic rings. The summed E-state index contributed by atoms with van der Waals surface area (Å²) < 4.78 is 33.6. The summed E-state index contributed by atoms with van der Waals surface area (Å²) in [5.41, 5.74) is 3.67. The normalized spacial score (nSPS) is 13.9. The lowest BCUT2D eigenvalue weighted by atomic mass is 10.1. The van der Waals surface area contributed by atoms with E-state index in [1.807, 2.05) is 49.4 Å². The van der Waals surface area contributed by atoms with Crippen LogP contribution in [-0.4, -0.2) is 33.5 Å². The van der Waals surface area contributed by atoms with Crippen LogP contribution < -0.4 is 14.4 Å². The zero-order valence-electron chi connectivity index (χ0n) is 19.5. The number of hydrogen-bond acceptors (Lipinski definition) is 4. The highest BCUT2D eigenvalue weighted by Crippen LogP contribution is 2.33. The molecule has 0 aromatic heterocycles. The molecule has 3 aromatic rings. The maximum Gasteiger partial charge on any atom is 0.264 e. The third-order valence-corrected chi connectivity index (χ3v) is 7.86. The van der Waals surface area contributed by atoms with Gasteiger partial charge in [-0.1, -0.05) is 48.5 Å². The second kappa shape index (κ2) is 10.3. The molecule has 0 unspecified atom stereocenters. The SMILES string of the molecule is Cc1cc(S(=O)(=O)N2CCc3ccccc32)ccc1OCC(=O)N[C@@H](C)CCc1ccccc1. The Morgan fingerprint density at radius 2 is 1.79 bits per heavy atom. The van der Waals surface area contributed by atoms with Gasteiger partial charge in [-0.25, -0.2) is 8.42 Å². The number of anilines is 1. The monoisotopic (exact) mass is 478 g/mol. The zero-order chi connectivity index (χ0) is 24.1. The molecule has 0 fully saturated rings. The van der Waals surface area contributed by atoms with Crippen LogP contribution in [0.25, 0.3) is 0 Å². The smallest absolute Gasteiger partial charge is 0.264 e. The van der Waals surface area contributed by atoms with E-state index in [0.717, 1.165) is 24.1 Å². The van der Waals surface area contributed by atoms with Gasteiger partial charge in [0.1, 0.15) is 5.75 Å². The minimum absolute atomic E-state index is 0.0215. The van der Waals surface area contributed by atoms with E-state index in [1.165, 1.54) is 9.87 Å². The molecule has 4 rings (SSSR count). The number of aryl methyl sites for hydroxylation is 2. The van der Waals surface area contributed by atoms with Gasteiger partial charge >= 0.3 is 0 Å². The largest absolute Gasteiger partial charge is 0.484 e. The average Bonchev–Trinajstić information content (AvgIpc) is 3.28. The molecule has 3 aromatic carbocycles. The van der Waals surface area contributed by atoms with Gasteiger partial charge in [-0.05, 0) is 74.1 Å². The number of para-hydroxylation sites is 1. The quantitative estimate of drug-likeness (QED) is 0.499. The highest BCUT2D eigenvalue weighted by molar-refractivity contribution is 7.92. The molecule has 0 saturated heterocycles. The first-order valence-corrected chi connectivity index (χ1v) is 13.0. The van der Waals surface area contributed by atoms with Crippen LogP contribution >= 0.6 is 0 Å². The first-order valence-electron chi connectivity index (χ1n) is 11.5. The van der Waals surface area contributed by atoms with Crippen LogP contribution in [-0.2, 0) is 27.7 Å². The Labute approximate surface area is 201 Å². The van der Waals surface area contributed by atoms with Crippen LogP contribution in [0.4, 0.5) is 5.69 Å². The number of hydrogen-bond donors (Lipinski definition) is 1. The Bertz CT molecular complexity index is 1260. The number of fused-ring (bicyclic) bond motifs is 1. The summed E-state index contributed by atoms with van der Waals surface area (Å²) in [6.07, 6.45) is 2.43. The van der Waals surface area contributed by atoms with Gasteiger partial charge < -0.3 is 10.1 Å². The second-order valence-electron chi connectivity index (χ2n) is 8.66. The van der Waals surface area contributed by atoms with E-state index in [4.69, 9.17) is 4.74 Å². The summed E-state index contributed by atoms with van der Waals surface area (Å²) in [4.78, 5) is 12.5. The van der Waals surface area contributed by atoms with Crippen molar-refractivity contribution in [3.8, 4) is 5.75 Å². The molecule has 1 heterocycles. The molecule has 1 amide bonds. The number of carbonyl (C=O) groups is 1. The Hall–Kier alpha value is -3.32. The number of sulfonamides is 1. The molecular formula is C27H30N2O4S. The van der Waals surface area contributed by atoms with Crippen molar-refractivity contribution in [2.75, 3.05) is 17.5 Å². The fourth-order valence-corrected chi connectivity index (χ4v) is 5.78. The van der Waals surface area contributed by atoms with E-state index in [1.54, 1.807) is 25.1 Å². The van der Waals surface area contributed by atoms with Crippen molar-refractivity contribution in [3.63, 3.8) is 0 Å². The first kappa shape index (κ1) is 23.8. The second-order valence-corrected chi connectivity index (χ2v) is 10.5. The molecule has 6 nitrogen and oxygen atoms in total. The van der Waals surface area contributed by atoms with Crippen molar-refractivity contribution in [1.82, 2.24) is 5.32 Å². The minimum Gasteiger partial charge on any atom is -0.484 e. The van der Waals surface area contributed by atoms with E-state index >= 15 is 0 Å². The maximum absolute atomic E-state index is 13.2. The molecule has 1 N–H and O–H groups in total. The van der Waals surface area contributed by atoms with Gasteiger partial charge in [0.15, 0.2) is 6.61 Å². The predicted molar refractivity (Wildman–Crippen MR) is 134 cm³/mol. The molecule has 1 atom stereocenters. The Kier molecular flexibility index (Phi) is 7.22. The van der Waals surface area contributed by atoms with Crippen molar-refractivity contribution >= 4 is 21.6 Å². The Morgan fingerprint density at radius 3 is 2.56 bits per heavy atom. The molecule has 7 heteroatoms. The summed E-state index contributed by atoms with van der Waals surface area (Å²) >= 11 is 0. The summed E-state index contributed by atoms with van der Waals surface area (Å²) in [6.45, 7) is 4.07. The summed E-state index contributed by atoms with van der Waals surface area (Å²) in [7, 11) is -3.67. The first-order chi connectivity index (χ1) is 16.3. The molecule has 178 valence electrons. The lowest BCUT2D eigenvalue weighted by Gasteiger charge is -2.20. The standard InChI is InChI=1S/C27H30N2O4S/c1-20-18-24(34(31,32)29-17-16-23-10-6-7-11-25(23)29)14-15-26(20)33-19-27(30)28-21(2)12-13-22-8-4-3-5-9-22/h3-11,14-15,18,21H,12-13,16-17,19H2,1-2H3,(H,28,30)/t21-/m0/s1. The van der Waals surface area contributed by atoms with Gasteiger partial charge in [-0.15, -0.1) is 0 Å². The van der Waals surface area contributed by atoms with Gasteiger partial charge in [0.25, 0.3) is 15.9 Å². The zero-order valence-corrected chi connectivity index (χ0v) is 20.3. The van der Waals surface area contributed by atoms with Gasteiger partial charge in [-0.2, -0.15) is 0 Å². The van der Waals surface area contributed by atoms with E-state index < -0.39 is 10.0 Å². The van der Waals surface area contributed by atoms with E-state index in [0.29, 0.717) is 24.3 Å². The van der Waals surface area contributed by atoms with E-state index in [2.05, 4.69) is 17.4 Å². The number of amides is 1. The highest BCUT2D eigenvalue weighted by atomic mass is 32.2. The molecule has 0 spiro atoms. The van der Waals surface area contributed by atoms with Gasteiger partial charge in [0.2, 0.25) is 0 Å². The lowest BCUT2D eigenvalue weighted by Crippen LogP contribution is -2.36. The van der Waals surface area contributed by atoms with Crippen molar-refractivity contribution in [3.05, 3.63) is 89.5 Å². The fourth-order valence-electron chi connectivity index (χ4n) is 4.19. The van der Waals surface area contributed by atoms with Gasteiger partial charge in [0.05, 0.1) is 10.6 Å². The number of rotatable bonds is 9. The van der Waals surface area contributed by atoms with Crippen molar-refractivity contribution < 1.29 is 17.9 Å². The summed E-state index contributed by atoms with van der Waals surface area (Å²) in [5.74, 6) is 0.290. The molecule has 0 saturated carbocycles. The number of ether oxygens (including phenoxy) is 1. The van der Waals surface area contributed by atoms with Gasteiger partial charge in [-0.3, -0.25) is 9.10 Å². The van der Waals surface area contributed by atoms with Crippen molar-refractivity contribution in [1.29, 1.82) is 0 Å². The third-order valence-electron chi connectivity index (χ3n) is 6.05. The minimum atomic E-state index is -3.67. The number of nitrogens with zero attached hydrogens (tertiary/aromatic N) is 1. The van der Waals surface area contributed by atoms with Gasteiger partial charge in [0, 0.05) is 12.6 Å². The van der Waals surface area contributed by atoms with E-state index in [-0.39, 0.29) is 23.5 Å². The topological polar surface area (TPSA) is 75.7 Å². The molecule has 0 radical (unpaired) electrons. The van der Waals surface area contributed by atoms with Crippen molar-refractivity contribution in [2.24, 2.45) is 0 Å². The van der Waals surface area contributed by atoms with Crippen LogP contribution in [0.1, 0.15) is 30.0 Å². The average molecular weight is 479 g/mol. The fraction of sp³-hybridized carbons (Fsp3) is 0.296. The molecule has 1 aliphatic heterocycles. The van der Waals surface area contributed by atoms with Crippen LogP contribution in [0.3, 0.4) is 0 Å². The summed E-state index contributed by atoms with van der Waals surface area (Å²) in [6, 6.07) is 22.5. The predicted octanol–water partition coefficient (Wildman–Crippen LogP) is 4.26. The van der Waals surface area contributed by atoms with Crippen LogP contribution in [0, 0.1) is 6.92 Å². The third kappa shape index (κ3) is 5.42. The van der Waals surface area contributed by atoms with E-state index in [9.17, 15) is 13.2 Å². The number of benzene rings is 3.